The van der Waals surface area contributed by atoms with Crippen LogP contribution in [-0.4, -0.2) is 11.3 Å². The molecule has 0 radical (unpaired) electrons. The lowest BCUT2D eigenvalue weighted by molar-refractivity contribution is 0.356. The van der Waals surface area contributed by atoms with Crippen molar-refractivity contribution < 1.29 is 17.9 Å². The van der Waals surface area contributed by atoms with Gasteiger partial charge in [0.15, 0.2) is 0 Å². The minimum absolute atomic E-state index is 0.0303. The summed E-state index contributed by atoms with van der Waals surface area (Å²) in [6, 6.07) is 31.7. The third-order valence-corrected chi connectivity index (χ3v) is 8.50. The molecule has 4 nitrogen and oxygen atoms in total. The molecule has 4 aromatic rings. The van der Waals surface area contributed by atoms with E-state index in [-0.39, 0.29) is 10.8 Å². The molecular weight excluding hydrogens is 492 g/mol. The van der Waals surface area contributed by atoms with Gasteiger partial charge in [0.2, 0.25) is 11.1 Å². The summed E-state index contributed by atoms with van der Waals surface area (Å²) >= 11 is -1.60. The van der Waals surface area contributed by atoms with E-state index in [0.29, 0.717) is 16.4 Å². The molecule has 0 amide bonds. The van der Waals surface area contributed by atoms with Crippen LogP contribution in [0.25, 0.3) is 0 Å². The van der Waals surface area contributed by atoms with Crippen LogP contribution in [0, 0.1) is 12.3 Å². The Bertz CT molecular complexity index is 1390. The van der Waals surface area contributed by atoms with Gasteiger partial charge in [0.25, 0.3) is 0 Å². The first kappa shape index (κ1) is 26.1. The fourth-order valence-electron chi connectivity index (χ4n) is 5.44. The molecule has 1 aliphatic carbocycles. The predicted molar refractivity (Wildman–Crippen MR) is 153 cm³/mol. The zero-order valence-corrected chi connectivity index (χ0v) is 23.2. The van der Waals surface area contributed by atoms with E-state index in [1.165, 1.54) is 17.5 Å². The topological polar surface area (TPSA) is 44.8 Å². The van der Waals surface area contributed by atoms with Crippen molar-refractivity contribution in [3.63, 3.8) is 0 Å². The largest absolute Gasteiger partial charge is 0.497 e. The Labute approximate surface area is 228 Å². The average molecular weight is 527 g/mol. The number of benzene rings is 4. The summed E-state index contributed by atoms with van der Waals surface area (Å²) in [7, 11) is 1.70. The Kier molecular flexibility index (Phi) is 7.31. The third kappa shape index (κ3) is 5.63. The second kappa shape index (κ2) is 10.7. The SMILES string of the molecule is COc1ccc(C2(c3ccc(Oc4ccc(S(=O)Oc5ccc(C)cc5)cc4)cc3)CCC(C)(C)C2)cc1. The van der Waals surface area contributed by atoms with E-state index in [0.717, 1.165) is 29.9 Å². The molecule has 196 valence electrons. The summed E-state index contributed by atoms with van der Waals surface area (Å²) in [4.78, 5) is 0.582. The Morgan fingerprint density at radius 3 is 1.66 bits per heavy atom. The van der Waals surface area contributed by atoms with Gasteiger partial charge >= 0.3 is 0 Å². The van der Waals surface area contributed by atoms with Crippen molar-refractivity contribution in [3.05, 3.63) is 114 Å². The zero-order valence-electron chi connectivity index (χ0n) is 22.4. The summed E-state index contributed by atoms with van der Waals surface area (Å²) in [6.07, 6.45) is 3.38. The summed E-state index contributed by atoms with van der Waals surface area (Å²) in [6.45, 7) is 6.72. The summed E-state index contributed by atoms with van der Waals surface area (Å²) in [5, 5.41) is 0. The van der Waals surface area contributed by atoms with Crippen LogP contribution in [0.15, 0.2) is 102 Å². The maximum atomic E-state index is 12.6. The molecule has 4 aromatic carbocycles. The van der Waals surface area contributed by atoms with Crippen LogP contribution >= 0.6 is 0 Å². The fourth-order valence-corrected chi connectivity index (χ4v) is 6.18. The van der Waals surface area contributed by atoms with Crippen LogP contribution in [-0.2, 0) is 16.5 Å². The van der Waals surface area contributed by atoms with Gasteiger partial charge in [0, 0.05) is 5.41 Å². The number of methoxy groups -OCH3 is 1. The molecule has 5 heteroatoms. The highest BCUT2D eigenvalue weighted by molar-refractivity contribution is 7.80. The predicted octanol–water partition coefficient (Wildman–Crippen LogP) is 8.39. The van der Waals surface area contributed by atoms with E-state index in [2.05, 4.69) is 50.2 Å². The van der Waals surface area contributed by atoms with E-state index in [1.807, 2.05) is 55.5 Å². The first-order valence-electron chi connectivity index (χ1n) is 13.0. The quantitative estimate of drug-likeness (QED) is 0.231. The standard InChI is InChI=1S/C33H34O4S/c1-24-5-11-30(12-6-24)37-38(34)31-19-17-29(18-20-31)36-28-15-9-26(10-16-28)33(22-21-32(2,3)23-33)25-7-13-27(35-4)14-8-25/h5-20H,21-23H2,1-4H3. The second-order valence-corrected chi connectivity index (χ2v) is 12.0. The first-order valence-corrected chi connectivity index (χ1v) is 14.0. The number of ether oxygens (including phenoxy) is 2. The van der Waals surface area contributed by atoms with Crippen LogP contribution in [0.2, 0.25) is 0 Å². The molecule has 0 spiro atoms. The van der Waals surface area contributed by atoms with E-state index < -0.39 is 11.1 Å². The molecule has 0 heterocycles. The van der Waals surface area contributed by atoms with Gasteiger partial charge in [-0.1, -0.05) is 55.8 Å². The monoisotopic (exact) mass is 526 g/mol. The molecule has 1 fully saturated rings. The van der Waals surface area contributed by atoms with Crippen LogP contribution in [0.1, 0.15) is 49.8 Å². The molecule has 38 heavy (non-hydrogen) atoms. The van der Waals surface area contributed by atoms with Gasteiger partial charge in [0.1, 0.15) is 23.0 Å². The molecule has 0 bridgehead atoms. The minimum atomic E-state index is -1.60. The van der Waals surface area contributed by atoms with Gasteiger partial charge in [-0.05, 0) is 103 Å². The van der Waals surface area contributed by atoms with Crippen molar-refractivity contribution in [2.75, 3.05) is 7.11 Å². The highest BCUT2D eigenvalue weighted by Gasteiger charge is 2.45. The molecule has 5 rings (SSSR count). The fraction of sp³-hybridized carbons (Fsp3) is 0.273. The molecule has 0 aliphatic heterocycles. The van der Waals surface area contributed by atoms with Crippen molar-refractivity contribution in [2.45, 2.75) is 50.3 Å². The van der Waals surface area contributed by atoms with E-state index in [1.54, 1.807) is 19.2 Å². The Morgan fingerprint density at radius 1 is 0.658 bits per heavy atom. The summed E-state index contributed by atoms with van der Waals surface area (Å²) < 4.78 is 29.7. The summed E-state index contributed by atoms with van der Waals surface area (Å²) in [5.74, 6) is 2.90. The van der Waals surface area contributed by atoms with Crippen LogP contribution in [0.4, 0.5) is 0 Å². The molecule has 0 saturated heterocycles. The highest BCUT2D eigenvalue weighted by atomic mass is 32.2. The normalized spacial score (nSPS) is 19.1. The average Bonchev–Trinajstić information content (AvgIpc) is 3.27. The lowest BCUT2D eigenvalue weighted by atomic mass is 9.71. The van der Waals surface area contributed by atoms with Crippen LogP contribution in [0.3, 0.4) is 0 Å². The smallest absolute Gasteiger partial charge is 0.240 e. The van der Waals surface area contributed by atoms with E-state index in [9.17, 15) is 4.21 Å². The van der Waals surface area contributed by atoms with Crippen molar-refractivity contribution in [1.29, 1.82) is 0 Å². The lowest BCUT2D eigenvalue weighted by Crippen LogP contribution is -2.25. The molecule has 0 aromatic heterocycles. The number of hydrogen-bond donors (Lipinski definition) is 0. The van der Waals surface area contributed by atoms with Gasteiger partial charge in [-0.2, -0.15) is 0 Å². The van der Waals surface area contributed by atoms with E-state index in [4.69, 9.17) is 13.7 Å². The first-order chi connectivity index (χ1) is 18.3. The van der Waals surface area contributed by atoms with Gasteiger partial charge in [-0.25, -0.2) is 4.21 Å². The second-order valence-electron chi connectivity index (χ2n) is 10.9. The molecular formula is C33H34O4S. The summed E-state index contributed by atoms with van der Waals surface area (Å²) in [5.41, 5.74) is 4.01. The third-order valence-electron chi connectivity index (χ3n) is 7.50. The van der Waals surface area contributed by atoms with Gasteiger partial charge in [0.05, 0.1) is 12.0 Å². The number of hydrogen-bond acceptors (Lipinski definition) is 4. The molecule has 0 N–H and O–H groups in total. The van der Waals surface area contributed by atoms with Crippen LogP contribution < -0.4 is 13.7 Å². The lowest BCUT2D eigenvalue weighted by Gasteiger charge is -2.33. The van der Waals surface area contributed by atoms with Crippen LogP contribution in [0.5, 0.6) is 23.0 Å². The molecule has 2 atom stereocenters. The molecule has 2 unspecified atom stereocenters. The van der Waals surface area contributed by atoms with Crippen molar-refractivity contribution >= 4 is 11.1 Å². The number of rotatable bonds is 8. The Hall–Kier alpha value is -3.57. The van der Waals surface area contributed by atoms with Crippen molar-refractivity contribution in [2.24, 2.45) is 5.41 Å². The Morgan fingerprint density at radius 2 is 1.16 bits per heavy atom. The van der Waals surface area contributed by atoms with Crippen molar-refractivity contribution in [1.82, 2.24) is 0 Å². The number of aryl methyl sites for hydroxylation is 1. The minimum Gasteiger partial charge on any atom is -0.497 e. The maximum Gasteiger partial charge on any atom is 0.240 e. The zero-order chi connectivity index (χ0) is 26.8. The van der Waals surface area contributed by atoms with Gasteiger partial charge in [-0.3, -0.25) is 0 Å². The Balaban J connectivity index is 1.30. The molecule has 1 saturated carbocycles. The molecule has 1 aliphatic rings. The van der Waals surface area contributed by atoms with E-state index >= 15 is 0 Å². The van der Waals surface area contributed by atoms with Gasteiger partial charge < -0.3 is 13.7 Å². The maximum absolute atomic E-state index is 12.6. The van der Waals surface area contributed by atoms with Gasteiger partial charge in [-0.15, -0.1) is 0 Å². The van der Waals surface area contributed by atoms with Crippen molar-refractivity contribution in [3.8, 4) is 23.0 Å². The highest BCUT2D eigenvalue weighted by Crippen LogP contribution is 2.54.